The Labute approximate surface area is 373 Å². The molecule has 2 amide bonds. The van der Waals surface area contributed by atoms with E-state index < -0.39 is 0 Å². The SMILES string of the molecule is NCCN(CCNC(=O)CCCCN1C(=Cc2ccnc3ccccc23)Sc2ccccc21)CCNC(=O)CCCCN1C(=Cc2ccnc3ccccc23)Sc2ccccc21. The summed E-state index contributed by atoms with van der Waals surface area (Å²) in [7, 11) is 0. The molecule has 318 valence electrons. The van der Waals surface area contributed by atoms with Crippen LogP contribution in [0, 0.1) is 0 Å². The van der Waals surface area contributed by atoms with Crippen LogP contribution in [-0.2, 0) is 9.59 Å². The lowest BCUT2D eigenvalue weighted by Gasteiger charge is -2.22. The molecule has 0 bridgehead atoms. The van der Waals surface area contributed by atoms with E-state index in [0.717, 1.165) is 71.7 Å². The lowest BCUT2D eigenvalue weighted by molar-refractivity contribution is -0.121. The Morgan fingerprint density at radius 3 is 1.52 bits per heavy atom. The fourth-order valence-electron chi connectivity index (χ4n) is 8.05. The van der Waals surface area contributed by atoms with Crippen molar-refractivity contribution in [3.8, 4) is 0 Å². The van der Waals surface area contributed by atoms with Gasteiger partial charge in [0.1, 0.15) is 0 Å². The van der Waals surface area contributed by atoms with E-state index in [1.54, 1.807) is 23.5 Å². The zero-order chi connectivity index (χ0) is 42.5. The van der Waals surface area contributed by atoms with Gasteiger partial charge in [0.2, 0.25) is 11.8 Å². The number of carbonyl (C=O) groups is 2. The number of hydrogen-bond donors (Lipinski definition) is 3. The maximum atomic E-state index is 12.9. The predicted molar refractivity (Wildman–Crippen MR) is 258 cm³/mol. The Bertz CT molecular complexity index is 2380. The van der Waals surface area contributed by atoms with Crippen molar-refractivity contribution in [1.29, 1.82) is 0 Å². The van der Waals surface area contributed by atoms with Crippen molar-refractivity contribution in [2.45, 2.75) is 48.3 Å². The van der Waals surface area contributed by atoms with Gasteiger partial charge < -0.3 is 26.2 Å². The van der Waals surface area contributed by atoms with E-state index in [4.69, 9.17) is 5.73 Å². The van der Waals surface area contributed by atoms with Gasteiger partial charge in [0.25, 0.3) is 0 Å². The number of para-hydroxylation sites is 4. The van der Waals surface area contributed by atoms with Crippen LogP contribution in [0.3, 0.4) is 0 Å². The lowest BCUT2D eigenvalue weighted by atomic mass is 10.1. The van der Waals surface area contributed by atoms with Crippen molar-refractivity contribution in [2.75, 3.05) is 62.2 Å². The second kappa shape index (κ2) is 21.4. The van der Waals surface area contributed by atoms with Crippen LogP contribution in [0.4, 0.5) is 11.4 Å². The summed E-state index contributed by atoms with van der Waals surface area (Å²) in [4.78, 5) is 44.3. The van der Waals surface area contributed by atoms with E-state index in [9.17, 15) is 9.59 Å². The van der Waals surface area contributed by atoms with Gasteiger partial charge in [-0.05, 0) is 97.5 Å². The van der Waals surface area contributed by atoms with Crippen LogP contribution in [0.25, 0.3) is 34.0 Å². The highest BCUT2D eigenvalue weighted by atomic mass is 32.2. The van der Waals surface area contributed by atoms with E-state index >= 15 is 0 Å². The molecule has 2 aliphatic heterocycles. The molecule has 62 heavy (non-hydrogen) atoms. The second-order valence-electron chi connectivity index (χ2n) is 15.5. The number of nitrogens with two attached hydrogens (primary N) is 1. The number of rotatable bonds is 20. The summed E-state index contributed by atoms with van der Waals surface area (Å²) in [6, 6.07) is 37.7. The quantitative estimate of drug-likeness (QED) is 0.0642. The van der Waals surface area contributed by atoms with Crippen molar-refractivity contribution < 1.29 is 9.59 Å². The fourth-order valence-corrected chi connectivity index (χ4v) is 10.3. The number of carbonyl (C=O) groups excluding carboxylic acids is 2. The molecule has 0 aliphatic carbocycles. The van der Waals surface area contributed by atoms with Crippen LogP contribution in [0.15, 0.2) is 141 Å². The van der Waals surface area contributed by atoms with Gasteiger partial charge in [-0.25, -0.2) is 0 Å². The third-order valence-corrected chi connectivity index (χ3v) is 13.4. The third kappa shape index (κ3) is 10.9. The average Bonchev–Trinajstić information content (AvgIpc) is 3.83. The number of thioether (sulfide) groups is 2. The van der Waals surface area contributed by atoms with Gasteiger partial charge in [0, 0.05) is 98.2 Å². The number of nitrogens with one attached hydrogen (secondary N) is 2. The maximum absolute atomic E-state index is 12.9. The van der Waals surface area contributed by atoms with Crippen LogP contribution in [0.2, 0.25) is 0 Å². The lowest BCUT2D eigenvalue weighted by Crippen LogP contribution is -2.41. The van der Waals surface area contributed by atoms with Crippen molar-refractivity contribution >= 4 is 80.7 Å². The summed E-state index contributed by atoms with van der Waals surface area (Å²) in [5.74, 6) is 0.122. The summed E-state index contributed by atoms with van der Waals surface area (Å²) >= 11 is 3.58. The number of aromatic nitrogens is 2. The molecule has 2 aliphatic rings. The minimum atomic E-state index is 0.0608. The second-order valence-corrected chi connectivity index (χ2v) is 17.6. The molecule has 4 aromatic carbocycles. The molecule has 0 unspecified atom stereocenters. The number of benzene rings is 4. The largest absolute Gasteiger partial charge is 0.355 e. The number of anilines is 2. The Balaban J connectivity index is 0.738. The highest BCUT2D eigenvalue weighted by molar-refractivity contribution is 8.04. The topological polar surface area (TPSA) is 120 Å². The standard InChI is InChI=1S/C50H54N8O2S2/c51-25-32-56(33-28-54-47(59)21-9-11-30-57-43-17-5-7-19-45(43)61-49(57)35-37-23-26-52-41-15-3-1-13-39(37)41)34-29-55-48(60)22-10-12-31-58-44-18-6-8-20-46(44)62-50(58)36-38-24-27-53-42-16-4-2-14-40(38)42/h1-8,13-20,23-24,26-27,35-36H,9-12,21-22,25,28-34,51H2,(H,54,59)(H,55,60). The van der Waals surface area contributed by atoms with Crippen LogP contribution in [0.1, 0.15) is 49.7 Å². The summed E-state index contributed by atoms with van der Waals surface area (Å²) in [5, 5.41) is 10.8. The highest BCUT2D eigenvalue weighted by Gasteiger charge is 2.26. The number of pyridine rings is 2. The van der Waals surface area contributed by atoms with Gasteiger partial charge in [0.15, 0.2) is 0 Å². The van der Waals surface area contributed by atoms with Gasteiger partial charge in [-0.2, -0.15) is 0 Å². The molecule has 2 aromatic heterocycles. The number of amides is 2. The highest BCUT2D eigenvalue weighted by Crippen LogP contribution is 2.48. The Kier molecular flexibility index (Phi) is 14.9. The van der Waals surface area contributed by atoms with E-state index in [2.05, 4.69) is 132 Å². The summed E-state index contributed by atoms with van der Waals surface area (Å²) in [6.45, 7) is 5.32. The van der Waals surface area contributed by atoms with Crippen LogP contribution >= 0.6 is 23.5 Å². The molecule has 6 aromatic rings. The smallest absolute Gasteiger partial charge is 0.220 e. The molecule has 4 N–H and O–H groups in total. The molecular formula is C50H54N8O2S2. The third-order valence-electron chi connectivity index (χ3n) is 11.2. The molecule has 8 rings (SSSR count). The molecule has 0 saturated carbocycles. The number of nitrogens with zero attached hydrogens (tertiary/aromatic N) is 5. The van der Waals surface area contributed by atoms with Crippen molar-refractivity contribution in [3.05, 3.63) is 143 Å². The normalized spacial score (nSPS) is 14.6. The van der Waals surface area contributed by atoms with Gasteiger partial charge in [0.05, 0.1) is 32.5 Å². The van der Waals surface area contributed by atoms with Gasteiger partial charge in [-0.1, -0.05) is 84.2 Å². The van der Waals surface area contributed by atoms with E-state index in [0.29, 0.717) is 52.1 Å². The number of fused-ring (bicyclic) bond motifs is 4. The molecule has 4 heterocycles. The van der Waals surface area contributed by atoms with E-state index in [1.165, 1.54) is 31.2 Å². The van der Waals surface area contributed by atoms with E-state index in [1.807, 2.05) is 36.7 Å². The van der Waals surface area contributed by atoms with Crippen LogP contribution in [0.5, 0.6) is 0 Å². The van der Waals surface area contributed by atoms with Crippen LogP contribution in [-0.4, -0.2) is 79.0 Å². The zero-order valence-corrected chi connectivity index (χ0v) is 36.7. The first-order valence-electron chi connectivity index (χ1n) is 21.7. The molecule has 0 atom stereocenters. The zero-order valence-electron chi connectivity index (χ0n) is 35.0. The minimum absolute atomic E-state index is 0.0608. The Morgan fingerprint density at radius 2 is 1.03 bits per heavy atom. The number of unbranched alkanes of at least 4 members (excludes halogenated alkanes) is 2. The monoisotopic (exact) mass is 862 g/mol. The van der Waals surface area contributed by atoms with Crippen molar-refractivity contribution in [2.24, 2.45) is 5.73 Å². The summed E-state index contributed by atoms with van der Waals surface area (Å²) in [5.41, 5.74) is 12.6. The molecule has 12 heteroatoms. The molecule has 10 nitrogen and oxygen atoms in total. The minimum Gasteiger partial charge on any atom is -0.355 e. The molecule has 0 spiro atoms. The Morgan fingerprint density at radius 1 is 0.581 bits per heavy atom. The predicted octanol–water partition coefficient (Wildman–Crippen LogP) is 9.14. The van der Waals surface area contributed by atoms with E-state index in [-0.39, 0.29) is 11.8 Å². The fraction of sp³-hybridized carbons (Fsp3) is 0.280. The summed E-state index contributed by atoms with van der Waals surface area (Å²) < 4.78 is 0. The van der Waals surface area contributed by atoms with Gasteiger partial charge >= 0.3 is 0 Å². The molecule has 0 saturated heterocycles. The Hall–Kier alpha value is -5.66. The summed E-state index contributed by atoms with van der Waals surface area (Å²) in [6.07, 6.45) is 12.6. The van der Waals surface area contributed by atoms with Gasteiger partial charge in [-0.3, -0.25) is 24.5 Å². The van der Waals surface area contributed by atoms with Crippen molar-refractivity contribution in [1.82, 2.24) is 25.5 Å². The first-order valence-corrected chi connectivity index (χ1v) is 23.3. The molecule has 0 radical (unpaired) electrons. The maximum Gasteiger partial charge on any atom is 0.220 e. The molecular weight excluding hydrogens is 809 g/mol. The number of hydrogen-bond acceptors (Lipinski definition) is 10. The van der Waals surface area contributed by atoms with Gasteiger partial charge in [-0.15, -0.1) is 0 Å². The van der Waals surface area contributed by atoms with Crippen LogP contribution < -0.4 is 26.2 Å². The van der Waals surface area contributed by atoms with Crippen molar-refractivity contribution in [3.63, 3.8) is 0 Å². The molecule has 0 fully saturated rings. The first-order chi connectivity index (χ1) is 30.5. The first kappa shape index (κ1) is 43.0. The average molecular weight is 863 g/mol.